The SMILES string of the molecule is N#CCc1cccc2[nH]cc(CC(=O)O)c12. The minimum Gasteiger partial charge on any atom is -0.481 e. The fraction of sp³-hybridized carbons (Fsp3) is 0.167. The van der Waals surface area contributed by atoms with Crippen LogP contribution in [-0.2, 0) is 17.6 Å². The number of nitrogens with one attached hydrogen (secondary N) is 1. The Kier molecular flexibility index (Phi) is 2.61. The van der Waals surface area contributed by atoms with E-state index in [0.29, 0.717) is 6.42 Å². The van der Waals surface area contributed by atoms with Crippen LogP contribution in [0.4, 0.5) is 0 Å². The van der Waals surface area contributed by atoms with Crippen molar-refractivity contribution in [2.75, 3.05) is 0 Å². The zero-order valence-corrected chi connectivity index (χ0v) is 8.53. The number of hydrogen-bond acceptors (Lipinski definition) is 2. The molecule has 2 aromatic rings. The first kappa shape index (κ1) is 10.2. The Labute approximate surface area is 92.1 Å². The van der Waals surface area contributed by atoms with Gasteiger partial charge < -0.3 is 10.1 Å². The van der Waals surface area contributed by atoms with E-state index in [4.69, 9.17) is 10.4 Å². The van der Waals surface area contributed by atoms with Gasteiger partial charge in [0, 0.05) is 17.1 Å². The molecule has 0 bridgehead atoms. The molecule has 0 fully saturated rings. The molecule has 16 heavy (non-hydrogen) atoms. The number of rotatable bonds is 3. The lowest BCUT2D eigenvalue weighted by Crippen LogP contribution is -1.99. The van der Waals surface area contributed by atoms with E-state index in [-0.39, 0.29) is 6.42 Å². The molecule has 1 heterocycles. The Morgan fingerprint density at radius 1 is 1.44 bits per heavy atom. The summed E-state index contributed by atoms with van der Waals surface area (Å²) in [6.45, 7) is 0. The highest BCUT2D eigenvalue weighted by atomic mass is 16.4. The minimum atomic E-state index is -0.868. The topological polar surface area (TPSA) is 76.9 Å². The highest BCUT2D eigenvalue weighted by molar-refractivity contribution is 5.89. The maximum absolute atomic E-state index is 10.7. The second kappa shape index (κ2) is 4.07. The van der Waals surface area contributed by atoms with Crippen molar-refractivity contribution in [3.63, 3.8) is 0 Å². The molecule has 2 rings (SSSR count). The van der Waals surface area contributed by atoms with Gasteiger partial charge in [-0.25, -0.2) is 0 Å². The predicted molar refractivity (Wildman–Crippen MR) is 59.0 cm³/mol. The fourth-order valence-corrected chi connectivity index (χ4v) is 1.87. The van der Waals surface area contributed by atoms with Crippen LogP contribution in [0.5, 0.6) is 0 Å². The molecule has 0 aliphatic carbocycles. The van der Waals surface area contributed by atoms with Crippen LogP contribution in [0.3, 0.4) is 0 Å². The van der Waals surface area contributed by atoms with Crippen molar-refractivity contribution in [1.29, 1.82) is 5.26 Å². The van der Waals surface area contributed by atoms with Gasteiger partial charge in [-0.05, 0) is 17.2 Å². The molecular formula is C12H10N2O2. The van der Waals surface area contributed by atoms with E-state index in [2.05, 4.69) is 11.1 Å². The quantitative estimate of drug-likeness (QED) is 0.818. The van der Waals surface area contributed by atoms with Crippen molar-refractivity contribution in [3.8, 4) is 6.07 Å². The molecule has 4 nitrogen and oxygen atoms in total. The fourth-order valence-electron chi connectivity index (χ4n) is 1.87. The number of nitrogens with zero attached hydrogens (tertiary/aromatic N) is 1. The number of carboxylic acids is 1. The standard InChI is InChI=1S/C12H10N2O2/c13-5-4-8-2-1-3-10-12(8)9(7-14-10)6-11(15)16/h1-3,7,14H,4,6H2,(H,15,16). The summed E-state index contributed by atoms with van der Waals surface area (Å²) in [5.41, 5.74) is 2.48. The Bertz CT molecular complexity index is 578. The average Bonchev–Trinajstić information content (AvgIpc) is 2.62. The smallest absolute Gasteiger partial charge is 0.307 e. The summed E-state index contributed by atoms with van der Waals surface area (Å²) in [5, 5.41) is 18.4. The number of aliphatic carboxylic acids is 1. The molecule has 0 unspecified atom stereocenters. The van der Waals surface area contributed by atoms with Crippen LogP contribution in [0.15, 0.2) is 24.4 Å². The molecule has 0 spiro atoms. The van der Waals surface area contributed by atoms with Crippen LogP contribution < -0.4 is 0 Å². The molecule has 0 saturated carbocycles. The molecule has 4 heteroatoms. The molecule has 0 radical (unpaired) electrons. The van der Waals surface area contributed by atoms with Gasteiger partial charge in [-0.3, -0.25) is 4.79 Å². The van der Waals surface area contributed by atoms with Crippen molar-refractivity contribution in [2.45, 2.75) is 12.8 Å². The molecule has 0 atom stereocenters. The maximum atomic E-state index is 10.7. The molecule has 0 saturated heterocycles. The van der Waals surface area contributed by atoms with E-state index in [1.165, 1.54) is 0 Å². The van der Waals surface area contributed by atoms with Crippen molar-refractivity contribution in [2.24, 2.45) is 0 Å². The summed E-state index contributed by atoms with van der Waals surface area (Å²) in [7, 11) is 0. The summed E-state index contributed by atoms with van der Waals surface area (Å²) >= 11 is 0. The number of carboxylic acid groups (broad SMARTS) is 1. The highest BCUT2D eigenvalue weighted by Crippen LogP contribution is 2.23. The predicted octanol–water partition coefficient (Wildman–Crippen LogP) is 1.86. The first-order valence-corrected chi connectivity index (χ1v) is 4.89. The molecule has 0 aliphatic heterocycles. The molecule has 1 aromatic heterocycles. The van der Waals surface area contributed by atoms with Gasteiger partial charge in [0.25, 0.3) is 0 Å². The van der Waals surface area contributed by atoms with Gasteiger partial charge in [-0.15, -0.1) is 0 Å². The van der Waals surface area contributed by atoms with Gasteiger partial charge in [0.2, 0.25) is 0 Å². The number of nitriles is 1. The van der Waals surface area contributed by atoms with Crippen LogP contribution >= 0.6 is 0 Å². The molecule has 0 aliphatic rings. The summed E-state index contributed by atoms with van der Waals surface area (Å²) in [5.74, 6) is -0.868. The summed E-state index contributed by atoms with van der Waals surface area (Å²) in [6.07, 6.45) is 1.96. The van der Waals surface area contributed by atoms with Crippen molar-refractivity contribution in [3.05, 3.63) is 35.5 Å². The number of aromatic amines is 1. The third-order valence-corrected chi connectivity index (χ3v) is 2.48. The van der Waals surface area contributed by atoms with Crippen LogP contribution in [0.25, 0.3) is 10.9 Å². The second-order valence-corrected chi connectivity index (χ2v) is 3.56. The van der Waals surface area contributed by atoms with E-state index >= 15 is 0 Å². The van der Waals surface area contributed by atoms with Crippen LogP contribution in [-0.4, -0.2) is 16.1 Å². The Morgan fingerprint density at radius 2 is 2.25 bits per heavy atom. The lowest BCUT2D eigenvalue weighted by Gasteiger charge is -2.00. The van der Waals surface area contributed by atoms with E-state index in [0.717, 1.165) is 22.0 Å². The zero-order chi connectivity index (χ0) is 11.5. The molecule has 80 valence electrons. The van der Waals surface area contributed by atoms with Crippen LogP contribution in [0, 0.1) is 11.3 Å². The maximum Gasteiger partial charge on any atom is 0.307 e. The van der Waals surface area contributed by atoms with Gasteiger partial charge in [-0.1, -0.05) is 12.1 Å². The number of fused-ring (bicyclic) bond motifs is 1. The highest BCUT2D eigenvalue weighted by Gasteiger charge is 2.10. The van der Waals surface area contributed by atoms with Gasteiger partial charge in [0.05, 0.1) is 18.9 Å². The summed E-state index contributed by atoms with van der Waals surface area (Å²) < 4.78 is 0. The summed E-state index contributed by atoms with van der Waals surface area (Å²) in [6, 6.07) is 7.67. The third kappa shape index (κ3) is 1.75. The zero-order valence-electron chi connectivity index (χ0n) is 8.53. The van der Waals surface area contributed by atoms with Crippen molar-refractivity contribution in [1.82, 2.24) is 4.98 Å². The minimum absolute atomic E-state index is 0.0254. The largest absolute Gasteiger partial charge is 0.481 e. The number of carbonyl (C=O) groups is 1. The van der Waals surface area contributed by atoms with Gasteiger partial charge in [0.15, 0.2) is 0 Å². The normalized spacial score (nSPS) is 10.2. The van der Waals surface area contributed by atoms with Gasteiger partial charge in [0.1, 0.15) is 0 Å². The number of benzene rings is 1. The van der Waals surface area contributed by atoms with Gasteiger partial charge in [-0.2, -0.15) is 5.26 Å². The summed E-state index contributed by atoms with van der Waals surface area (Å²) in [4.78, 5) is 13.7. The van der Waals surface area contributed by atoms with Crippen LogP contribution in [0.2, 0.25) is 0 Å². The third-order valence-electron chi connectivity index (χ3n) is 2.48. The van der Waals surface area contributed by atoms with E-state index in [1.807, 2.05) is 18.2 Å². The monoisotopic (exact) mass is 214 g/mol. The van der Waals surface area contributed by atoms with E-state index in [9.17, 15) is 4.79 Å². The Hall–Kier alpha value is -2.28. The molecular weight excluding hydrogens is 204 g/mol. The van der Waals surface area contributed by atoms with Crippen molar-refractivity contribution >= 4 is 16.9 Å². The Morgan fingerprint density at radius 3 is 2.94 bits per heavy atom. The van der Waals surface area contributed by atoms with E-state index in [1.54, 1.807) is 6.20 Å². The van der Waals surface area contributed by atoms with Gasteiger partial charge >= 0.3 is 5.97 Å². The molecule has 0 amide bonds. The number of hydrogen-bond donors (Lipinski definition) is 2. The average molecular weight is 214 g/mol. The van der Waals surface area contributed by atoms with E-state index < -0.39 is 5.97 Å². The number of H-pyrrole nitrogens is 1. The Balaban J connectivity index is 2.59. The first-order valence-electron chi connectivity index (χ1n) is 4.89. The molecule has 2 N–H and O–H groups in total. The molecule has 1 aromatic carbocycles. The van der Waals surface area contributed by atoms with Crippen molar-refractivity contribution < 1.29 is 9.90 Å². The number of aromatic nitrogens is 1. The second-order valence-electron chi connectivity index (χ2n) is 3.56. The van der Waals surface area contributed by atoms with Crippen LogP contribution in [0.1, 0.15) is 11.1 Å². The first-order chi connectivity index (χ1) is 7.72. The lowest BCUT2D eigenvalue weighted by molar-refractivity contribution is -0.136. The lowest BCUT2D eigenvalue weighted by atomic mass is 10.0.